The minimum Gasteiger partial charge on any atom is -0.384 e. The lowest BCUT2D eigenvalue weighted by atomic mass is 9.92. The first-order valence-electron chi connectivity index (χ1n) is 8.07. The lowest BCUT2D eigenvalue weighted by Crippen LogP contribution is -2.53. The molecule has 1 saturated heterocycles. The number of fused-ring (bicyclic) bond motifs is 1. The molecule has 0 aliphatic carbocycles. The summed E-state index contributed by atoms with van der Waals surface area (Å²) in [7, 11) is 0. The molecule has 0 aromatic heterocycles. The zero-order valence-corrected chi connectivity index (χ0v) is 13.3. The molecule has 0 saturated carbocycles. The van der Waals surface area contributed by atoms with Crippen molar-refractivity contribution >= 4 is 17.5 Å². The third kappa shape index (κ3) is 3.13. The summed E-state index contributed by atoms with van der Waals surface area (Å²) in [5.41, 5.74) is -0.247. The van der Waals surface area contributed by atoms with Crippen molar-refractivity contribution in [2.45, 2.75) is 37.7 Å². The topological polar surface area (TPSA) is 60.9 Å². The number of rotatable bonds is 3. The van der Waals surface area contributed by atoms with E-state index in [1.807, 2.05) is 24.3 Å². The average Bonchev–Trinajstić information content (AvgIpc) is 2.58. The summed E-state index contributed by atoms with van der Waals surface area (Å²) in [5, 5.41) is 9.79. The Labute approximate surface area is 138 Å². The number of hydrogen-bond acceptors (Lipinski definition) is 3. The molecule has 1 aromatic carbocycles. The fourth-order valence-electron chi connectivity index (χ4n) is 3.27. The molecule has 2 heterocycles. The molecular formula is C17H20F2N2O3. The Morgan fingerprint density at radius 3 is 2.54 bits per heavy atom. The summed E-state index contributed by atoms with van der Waals surface area (Å²) in [6, 6.07) is 7.46. The molecule has 130 valence electrons. The quantitative estimate of drug-likeness (QED) is 0.910. The maximum atomic E-state index is 12.8. The molecule has 24 heavy (non-hydrogen) atoms. The maximum absolute atomic E-state index is 12.8. The number of aryl methyl sites for hydroxylation is 1. The van der Waals surface area contributed by atoms with Gasteiger partial charge in [-0.2, -0.15) is 0 Å². The normalized spacial score (nSPS) is 20.2. The number of amides is 2. The first-order valence-corrected chi connectivity index (χ1v) is 8.07. The number of likely N-dealkylation sites (tertiary alicyclic amines) is 1. The number of carbonyl (C=O) groups excluding carboxylic acids is 2. The van der Waals surface area contributed by atoms with Crippen molar-refractivity contribution in [2.75, 3.05) is 24.5 Å². The largest absolute Gasteiger partial charge is 0.384 e. The van der Waals surface area contributed by atoms with Gasteiger partial charge in [0.2, 0.25) is 11.8 Å². The summed E-state index contributed by atoms with van der Waals surface area (Å²) < 4.78 is 25.6. The lowest BCUT2D eigenvalue weighted by molar-refractivity contribution is -0.146. The molecule has 0 bridgehead atoms. The van der Waals surface area contributed by atoms with Crippen LogP contribution in [0.1, 0.15) is 24.8 Å². The maximum Gasteiger partial charge on any atom is 0.266 e. The third-order valence-electron chi connectivity index (χ3n) is 4.87. The molecule has 0 spiro atoms. The molecule has 1 fully saturated rings. The number of carbonyl (C=O) groups is 2. The average molecular weight is 338 g/mol. The van der Waals surface area contributed by atoms with Gasteiger partial charge in [-0.3, -0.25) is 9.59 Å². The number of anilines is 1. The number of nitrogens with zero attached hydrogens (tertiary/aromatic N) is 2. The summed E-state index contributed by atoms with van der Waals surface area (Å²) in [5.74, 6) is -0.389. The fourth-order valence-corrected chi connectivity index (χ4v) is 3.27. The Bertz CT molecular complexity index is 642. The van der Waals surface area contributed by atoms with Gasteiger partial charge in [-0.15, -0.1) is 0 Å². The van der Waals surface area contributed by atoms with Gasteiger partial charge in [0.05, 0.1) is 0 Å². The highest BCUT2D eigenvalue weighted by Crippen LogP contribution is 2.30. The second kappa shape index (κ2) is 6.47. The molecule has 2 aliphatic rings. The molecular weight excluding hydrogens is 318 g/mol. The molecule has 1 N–H and O–H groups in total. The SMILES string of the molecule is O=C(CN1C(=O)CCc2ccccc21)N1CCC(O)(C(F)F)CC1. The molecule has 0 unspecified atom stereocenters. The van der Waals surface area contributed by atoms with Crippen molar-refractivity contribution in [3.63, 3.8) is 0 Å². The van der Waals surface area contributed by atoms with Crippen molar-refractivity contribution in [3.8, 4) is 0 Å². The van der Waals surface area contributed by atoms with Gasteiger partial charge in [-0.25, -0.2) is 8.78 Å². The number of benzene rings is 1. The van der Waals surface area contributed by atoms with E-state index in [0.29, 0.717) is 12.8 Å². The van der Waals surface area contributed by atoms with Gasteiger partial charge in [0.25, 0.3) is 6.43 Å². The lowest BCUT2D eigenvalue weighted by Gasteiger charge is -2.38. The third-order valence-corrected chi connectivity index (χ3v) is 4.87. The van der Waals surface area contributed by atoms with Crippen LogP contribution in [0.4, 0.5) is 14.5 Å². The number of alkyl halides is 2. The van der Waals surface area contributed by atoms with Crippen molar-refractivity contribution in [3.05, 3.63) is 29.8 Å². The molecule has 0 atom stereocenters. The van der Waals surface area contributed by atoms with Crippen LogP contribution in [-0.4, -0.2) is 53.5 Å². The minimum atomic E-state index is -2.81. The molecule has 0 radical (unpaired) electrons. The van der Waals surface area contributed by atoms with Crippen molar-refractivity contribution in [2.24, 2.45) is 0 Å². The fraction of sp³-hybridized carbons (Fsp3) is 0.529. The minimum absolute atomic E-state index is 0.0728. The molecule has 1 aromatic rings. The predicted octanol–water partition coefficient (Wildman–Crippen LogP) is 1.58. The van der Waals surface area contributed by atoms with E-state index in [9.17, 15) is 23.5 Å². The highest BCUT2D eigenvalue weighted by molar-refractivity contribution is 6.01. The Hall–Kier alpha value is -2.02. The van der Waals surface area contributed by atoms with Crippen LogP contribution < -0.4 is 4.90 Å². The highest BCUT2D eigenvalue weighted by atomic mass is 19.3. The van der Waals surface area contributed by atoms with Crippen LogP contribution >= 0.6 is 0 Å². The Balaban J connectivity index is 1.67. The van der Waals surface area contributed by atoms with Crippen molar-refractivity contribution < 1.29 is 23.5 Å². The van der Waals surface area contributed by atoms with Gasteiger partial charge in [-0.05, 0) is 30.9 Å². The molecule has 7 heteroatoms. The smallest absolute Gasteiger partial charge is 0.266 e. The van der Waals surface area contributed by atoms with E-state index >= 15 is 0 Å². The first-order chi connectivity index (χ1) is 11.4. The van der Waals surface area contributed by atoms with E-state index in [0.717, 1.165) is 11.3 Å². The van der Waals surface area contributed by atoms with Gasteiger partial charge < -0.3 is 14.9 Å². The molecule has 2 amide bonds. The van der Waals surface area contributed by atoms with E-state index in [2.05, 4.69) is 0 Å². The molecule has 5 nitrogen and oxygen atoms in total. The first kappa shape index (κ1) is 16.8. The van der Waals surface area contributed by atoms with Crippen LogP contribution in [0.15, 0.2) is 24.3 Å². The number of hydrogen-bond donors (Lipinski definition) is 1. The van der Waals surface area contributed by atoms with Crippen LogP contribution in [0.2, 0.25) is 0 Å². The van der Waals surface area contributed by atoms with E-state index in [1.165, 1.54) is 9.80 Å². The van der Waals surface area contributed by atoms with Gasteiger partial charge in [-0.1, -0.05) is 18.2 Å². The van der Waals surface area contributed by atoms with Gasteiger partial charge in [0.1, 0.15) is 12.1 Å². The van der Waals surface area contributed by atoms with Gasteiger partial charge in [0, 0.05) is 25.2 Å². The summed E-state index contributed by atoms with van der Waals surface area (Å²) >= 11 is 0. The predicted molar refractivity (Wildman–Crippen MR) is 83.9 cm³/mol. The van der Waals surface area contributed by atoms with Crippen LogP contribution in [0.25, 0.3) is 0 Å². The Morgan fingerprint density at radius 1 is 1.21 bits per heavy atom. The van der Waals surface area contributed by atoms with E-state index in [-0.39, 0.29) is 44.3 Å². The van der Waals surface area contributed by atoms with Crippen LogP contribution in [0.3, 0.4) is 0 Å². The Kier molecular flexibility index (Phi) is 4.54. The summed E-state index contributed by atoms with van der Waals surface area (Å²) in [4.78, 5) is 27.6. The highest BCUT2D eigenvalue weighted by Gasteiger charge is 2.42. The second-order valence-corrected chi connectivity index (χ2v) is 6.39. The number of piperidine rings is 1. The van der Waals surface area contributed by atoms with Crippen molar-refractivity contribution in [1.29, 1.82) is 0 Å². The van der Waals surface area contributed by atoms with Gasteiger partial charge >= 0.3 is 0 Å². The number of halogens is 2. The van der Waals surface area contributed by atoms with E-state index in [1.54, 1.807) is 0 Å². The van der Waals surface area contributed by atoms with Crippen molar-refractivity contribution in [1.82, 2.24) is 4.90 Å². The number of para-hydroxylation sites is 1. The van der Waals surface area contributed by atoms with Crippen LogP contribution in [0, 0.1) is 0 Å². The molecule has 3 rings (SSSR count). The summed E-state index contributed by atoms with van der Waals surface area (Å²) in [6.45, 7) is 0.0512. The van der Waals surface area contributed by atoms with E-state index in [4.69, 9.17) is 0 Å². The monoisotopic (exact) mass is 338 g/mol. The van der Waals surface area contributed by atoms with Crippen LogP contribution in [-0.2, 0) is 16.0 Å². The second-order valence-electron chi connectivity index (χ2n) is 6.39. The molecule has 2 aliphatic heterocycles. The Morgan fingerprint density at radius 2 is 1.88 bits per heavy atom. The number of aliphatic hydroxyl groups is 1. The van der Waals surface area contributed by atoms with E-state index < -0.39 is 12.0 Å². The standard InChI is InChI=1S/C17H20F2N2O3/c18-16(19)17(24)7-9-20(10-8-17)15(23)11-21-13-4-2-1-3-12(13)5-6-14(21)22/h1-4,16,24H,5-11H2. The zero-order valence-electron chi connectivity index (χ0n) is 13.3. The summed E-state index contributed by atoms with van der Waals surface area (Å²) in [6.07, 6.45) is -2.10. The zero-order chi connectivity index (χ0) is 17.3. The van der Waals surface area contributed by atoms with Gasteiger partial charge in [0.15, 0.2) is 0 Å². The van der Waals surface area contributed by atoms with Crippen LogP contribution in [0.5, 0.6) is 0 Å².